The number of hydrogen-bond acceptors (Lipinski definition) is 4. The Kier molecular flexibility index (Phi) is 5.24. The van der Waals surface area contributed by atoms with Crippen LogP contribution in [-0.2, 0) is 11.3 Å². The van der Waals surface area contributed by atoms with Crippen LogP contribution in [0.4, 0.5) is 18.9 Å². The maximum absolute atomic E-state index is 13.3. The molecular formula is C14H14F3NO3. The van der Waals surface area contributed by atoms with Crippen LogP contribution in [0.5, 0.6) is 0 Å². The summed E-state index contributed by atoms with van der Waals surface area (Å²) in [5.74, 6) is -3.52. The second-order valence-corrected chi connectivity index (χ2v) is 4.35. The summed E-state index contributed by atoms with van der Waals surface area (Å²) in [5, 5.41) is 12.1. The molecule has 0 radical (unpaired) electrons. The molecule has 21 heavy (non-hydrogen) atoms. The van der Waals surface area contributed by atoms with Crippen molar-refractivity contribution in [2.45, 2.75) is 12.7 Å². The van der Waals surface area contributed by atoms with Crippen molar-refractivity contribution >= 4 is 5.69 Å². The van der Waals surface area contributed by atoms with Gasteiger partial charge in [0.05, 0.1) is 24.7 Å². The normalized spacial score (nSPS) is 12.4. The lowest BCUT2D eigenvalue weighted by molar-refractivity contribution is 0.0282. The summed E-state index contributed by atoms with van der Waals surface area (Å²) in [6.07, 6.45) is 0.565. The maximum atomic E-state index is 13.3. The van der Waals surface area contributed by atoms with Crippen LogP contribution >= 0.6 is 0 Å². The molecule has 2 N–H and O–H groups in total. The fourth-order valence-electron chi connectivity index (χ4n) is 1.64. The van der Waals surface area contributed by atoms with E-state index in [1.165, 1.54) is 6.26 Å². The molecule has 0 saturated heterocycles. The van der Waals surface area contributed by atoms with Crippen LogP contribution in [0.1, 0.15) is 5.76 Å². The number of aliphatic hydroxyl groups excluding tert-OH is 1. The molecule has 7 heteroatoms. The summed E-state index contributed by atoms with van der Waals surface area (Å²) in [5.41, 5.74) is -0.223. The predicted octanol–water partition coefficient (Wildman–Crippen LogP) is 2.69. The lowest BCUT2D eigenvalue weighted by atomic mass is 10.2. The molecule has 0 aliphatic heterocycles. The Morgan fingerprint density at radius 2 is 2.00 bits per heavy atom. The molecule has 1 unspecified atom stereocenters. The van der Waals surface area contributed by atoms with Crippen molar-refractivity contribution in [3.63, 3.8) is 0 Å². The van der Waals surface area contributed by atoms with E-state index in [0.717, 1.165) is 12.1 Å². The van der Waals surface area contributed by atoms with Crippen LogP contribution in [-0.4, -0.2) is 24.4 Å². The predicted molar refractivity (Wildman–Crippen MR) is 69.2 cm³/mol. The first-order chi connectivity index (χ1) is 10.1. The first kappa shape index (κ1) is 15.4. The second-order valence-electron chi connectivity index (χ2n) is 4.35. The van der Waals surface area contributed by atoms with E-state index in [9.17, 15) is 18.3 Å². The van der Waals surface area contributed by atoms with Gasteiger partial charge in [0.1, 0.15) is 12.4 Å². The van der Waals surface area contributed by atoms with Gasteiger partial charge in [0.2, 0.25) is 0 Å². The second kappa shape index (κ2) is 7.14. The van der Waals surface area contributed by atoms with Crippen molar-refractivity contribution < 1.29 is 27.4 Å². The third kappa shape index (κ3) is 4.24. The van der Waals surface area contributed by atoms with Crippen LogP contribution in [0.2, 0.25) is 0 Å². The highest BCUT2D eigenvalue weighted by Crippen LogP contribution is 2.19. The Hall–Kier alpha value is -1.99. The quantitative estimate of drug-likeness (QED) is 0.772. The van der Waals surface area contributed by atoms with Gasteiger partial charge in [0, 0.05) is 6.54 Å². The number of nitrogens with one attached hydrogen (secondary N) is 1. The summed E-state index contributed by atoms with van der Waals surface area (Å²) >= 11 is 0. The summed E-state index contributed by atoms with van der Waals surface area (Å²) < 4.78 is 49.3. The van der Waals surface area contributed by atoms with Gasteiger partial charge in [-0.25, -0.2) is 13.2 Å². The highest BCUT2D eigenvalue weighted by molar-refractivity contribution is 5.45. The van der Waals surface area contributed by atoms with E-state index < -0.39 is 23.6 Å². The van der Waals surface area contributed by atoms with Gasteiger partial charge in [-0.2, -0.15) is 0 Å². The number of aliphatic hydroxyl groups is 1. The molecular weight excluding hydrogens is 287 g/mol. The Morgan fingerprint density at radius 1 is 1.19 bits per heavy atom. The van der Waals surface area contributed by atoms with Gasteiger partial charge in [-0.1, -0.05) is 0 Å². The smallest absolute Gasteiger partial charge is 0.196 e. The minimum atomic E-state index is -1.55. The van der Waals surface area contributed by atoms with Crippen molar-refractivity contribution in [3.05, 3.63) is 53.7 Å². The van der Waals surface area contributed by atoms with E-state index in [0.29, 0.717) is 5.76 Å². The highest BCUT2D eigenvalue weighted by Gasteiger charge is 2.14. The molecule has 0 fully saturated rings. The van der Waals surface area contributed by atoms with Gasteiger partial charge in [0.15, 0.2) is 17.5 Å². The highest BCUT2D eigenvalue weighted by atomic mass is 19.2. The van der Waals surface area contributed by atoms with E-state index in [-0.39, 0.29) is 25.4 Å². The standard InChI is InChI=1S/C14H14F3NO3/c15-11-3-4-12(14(17)13(11)16)18-6-9(19)7-20-8-10-2-1-5-21-10/h1-5,9,18-19H,6-8H2. The van der Waals surface area contributed by atoms with Crippen molar-refractivity contribution in [2.75, 3.05) is 18.5 Å². The third-order valence-corrected chi connectivity index (χ3v) is 2.70. The largest absolute Gasteiger partial charge is 0.467 e. The number of benzene rings is 1. The van der Waals surface area contributed by atoms with Crippen LogP contribution in [0.15, 0.2) is 34.9 Å². The van der Waals surface area contributed by atoms with Crippen LogP contribution < -0.4 is 5.32 Å². The number of anilines is 1. The Bertz CT molecular complexity index is 575. The average molecular weight is 301 g/mol. The molecule has 2 aromatic rings. The zero-order valence-corrected chi connectivity index (χ0v) is 11.0. The van der Waals surface area contributed by atoms with E-state index in [1.807, 2.05) is 0 Å². The van der Waals surface area contributed by atoms with Crippen LogP contribution in [0.3, 0.4) is 0 Å². The molecule has 1 atom stereocenters. The Labute approximate surface area is 119 Å². The fraction of sp³-hybridized carbons (Fsp3) is 0.286. The summed E-state index contributed by atoms with van der Waals surface area (Å²) in [6.45, 7) is 0.114. The lowest BCUT2D eigenvalue weighted by Crippen LogP contribution is -2.25. The molecule has 0 aliphatic rings. The molecule has 114 valence electrons. The topological polar surface area (TPSA) is 54.6 Å². The van der Waals surface area contributed by atoms with Gasteiger partial charge >= 0.3 is 0 Å². The van der Waals surface area contributed by atoms with E-state index in [1.54, 1.807) is 12.1 Å². The van der Waals surface area contributed by atoms with Gasteiger partial charge in [-0.05, 0) is 24.3 Å². The lowest BCUT2D eigenvalue weighted by Gasteiger charge is -2.13. The van der Waals surface area contributed by atoms with Crippen molar-refractivity contribution in [1.29, 1.82) is 0 Å². The molecule has 1 heterocycles. The molecule has 1 aromatic heterocycles. The van der Waals surface area contributed by atoms with Crippen LogP contribution in [0.25, 0.3) is 0 Å². The Morgan fingerprint density at radius 3 is 2.71 bits per heavy atom. The van der Waals surface area contributed by atoms with Crippen molar-refractivity contribution in [3.8, 4) is 0 Å². The zero-order valence-electron chi connectivity index (χ0n) is 11.0. The molecule has 2 rings (SSSR count). The number of furan rings is 1. The molecule has 0 bridgehead atoms. The average Bonchev–Trinajstić information content (AvgIpc) is 2.97. The number of rotatable bonds is 7. The van der Waals surface area contributed by atoms with E-state index in [2.05, 4.69) is 5.32 Å². The van der Waals surface area contributed by atoms with Crippen molar-refractivity contribution in [1.82, 2.24) is 0 Å². The number of halogens is 3. The van der Waals surface area contributed by atoms with Gasteiger partial charge < -0.3 is 19.6 Å². The zero-order chi connectivity index (χ0) is 15.2. The van der Waals surface area contributed by atoms with Gasteiger partial charge in [-0.3, -0.25) is 0 Å². The summed E-state index contributed by atoms with van der Waals surface area (Å²) in [4.78, 5) is 0. The first-order valence-corrected chi connectivity index (χ1v) is 6.23. The monoisotopic (exact) mass is 301 g/mol. The minimum Gasteiger partial charge on any atom is -0.467 e. The summed E-state index contributed by atoms with van der Waals surface area (Å²) in [6, 6.07) is 5.30. The van der Waals surface area contributed by atoms with Crippen molar-refractivity contribution in [2.24, 2.45) is 0 Å². The number of hydrogen-bond donors (Lipinski definition) is 2. The van der Waals surface area contributed by atoms with E-state index in [4.69, 9.17) is 9.15 Å². The molecule has 0 amide bonds. The van der Waals surface area contributed by atoms with Gasteiger partial charge in [0.25, 0.3) is 0 Å². The maximum Gasteiger partial charge on any atom is 0.196 e. The molecule has 0 aliphatic carbocycles. The van der Waals surface area contributed by atoms with E-state index >= 15 is 0 Å². The molecule has 1 aromatic carbocycles. The molecule has 4 nitrogen and oxygen atoms in total. The fourth-order valence-corrected chi connectivity index (χ4v) is 1.64. The molecule has 0 spiro atoms. The van der Waals surface area contributed by atoms with Crippen LogP contribution in [0, 0.1) is 17.5 Å². The SMILES string of the molecule is OC(CNc1ccc(F)c(F)c1F)COCc1ccco1. The Balaban J connectivity index is 1.76. The minimum absolute atomic E-state index is 0.0149. The number of ether oxygens (including phenoxy) is 1. The third-order valence-electron chi connectivity index (χ3n) is 2.70. The summed E-state index contributed by atoms with van der Waals surface area (Å²) in [7, 11) is 0. The van der Waals surface area contributed by atoms with Gasteiger partial charge in [-0.15, -0.1) is 0 Å². The first-order valence-electron chi connectivity index (χ1n) is 6.23. The molecule has 0 saturated carbocycles.